The van der Waals surface area contributed by atoms with Crippen molar-refractivity contribution in [1.82, 2.24) is 10.2 Å². The number of carbonyl (C=O) groups excluding carboxylic acids is 1. The maximum absolute atomic E-state index is 11.0. The van der Waals surface area contributed by atoms with E-state index < -0.39 is 0 Å². The SMILES string of the molecule is O=C(CCCCl)Nc1nncs1. The second kappa shape index (κ2) is 5.05. The molecular formula is C6H8ClN3OS. The number of hydrogen-bond donors (Lipinski definition) is 1. The van der Waals surface area contributed by atoms with E-state index in [-0.39, 0.29) is 5.91 Å². The van der Waals surface area contributed by atoms with Crippen molar-refractivity contribution < 1.29 is 4.79 Å². The van der Waals surface area contributed by atoms with E-state index >= 15 is 0 Å². The third-order valence-corrected chi connectivity index (χ3v) is 2.02. The van der Waals surface area contributed by atoms with Gasteiger partial charge in [-0.25, -0.2) is 0 Å². The molecule has 4 nitrogen and oxygen atoms in total. The fourth-order valence-corrected chi connectivity index (χ4v) is 1.23. The van der Waals surface area contributed by atoms with Crippen LogP contribution in [0.3, 0.4) is 0 Å². The standard InChI is InChI=1S/C6H8ClN3OS/c7-3-1-2-5(11)9-6-10-8-4-12-6/h4H,1-3H2,(H,9,10,11). The molecule has 0 fully saturated rings. The zero-order valence-corrected chi connectivity index (χ0v) is 7.86. The van der Waals surface area contributed by atoms with E-state index in [2.05, 4.69) is 15.5 Å². The van der Waals surface area contributed by atoms with Crippen LogP contribution in [0.2, 0.25) is 0 Å². The first-order valence-electron chi connectivity index (χ1n) is 3.45. The fraction of sp³-hybridized carbons (Fsp3) is 0.500. The first-order chi connectivity index (χ1) is 5.83. The summed E-state index contributed by atoms with van der Waals surface area (Å²) in [4.78, 5) is 11.0. The first kappa shape index (κ1) is 9.41. The van der Waals surface area contributed by atoms with Crippen molar-refractivity contribution in [2.45, 2.75) is 12.8 Å². The van der Waals surface area contributed by atoms with Crippen LogP contribution >= 0.6 is 22.9 Å². The second-order valence-electron chi connectivity index (χ2n) is 2.08. The predicted octanol–water partition coefficient (Wildman–Crippen LogP) is 1.50. The summed E-state index contributed by atoms with van der Waals surface area (Å²) in [5, 5.41) is 10.4. The van der Waals surface area contributed by atoms with Gasteiger partial charge in [0.05, 0.1) is 0 Å². The van der Waals surface area contributed by atoms with Gasteiger partial charge in [-0.05, 0) is 6.42 Å². The monoisotopic (exact) mass is 205 g/mol. The van der Waals surface area contributed by atoms with Crippen LogP contribution in [-0.4, -0.2) is 22.0 Å². The van der Waals surface area contributed by atoms with Gasteiger partial charge in [0.15, 0.2) is 0 Å². The van der Waals surface area contributed by atoms with Crippen molar-refractivity contribution in [3.63, 3.8) is 0 Å². The molecular weight excluding hydrogens is 198 g/mol. The first-order valence-corrected chi connectivity index (χ1v) is 4.86. The number of hydrogen-bond acceptors (Lipinski definition) is 4. The highest BCUT2D eigenvalue weighted by Gasteiger charge is 2.02. The molecule has 0 spiro atoms. The highest BCUT2D eigenvalue weighted by Crippen LogP contribution is 2.08. The third kappa shape index (κ3) is 3.15. The minimum atomic E-state index is -0.0626. The van der Waals surface area contributed by atoms with E-state index in [1.54, 1.807) is 5.51 Å². The largest absolute Gasteiger partial charge is 0.301 e. The second-order valence-corrected chi connectivity index (χ2v) is 3.30. The molecule has 1 amide bonds. The number of amides is 1. The zero-order valence-electron chi connectivity index (χ0n) is 6.29. The zero-order chi connectivity index (χ0) is 8.81. The maximum atomic E-state index is 11.0. The molecule has 1 aromatic rings. The molecule has 0 bridgehead atoms. The Hall–Kier alpha value is -0.680. The Bertz CT molecular complexity index is 239. The number of nitrogens with zero attached hydrogens (tertiary/aromatic N) is 2. The molecule has 0 aliphatic rings. The number of carbonyl (C=O) groups is 1. The van der Waals surface area contributed by atoms with Crippen LogP contribution < -0.4 is 5.32 Å². The minimum Gasteiger partial charge on any atom is -0.301 e. The third-order valence-electron chi connectivity index (χ3n) is 1.14. The van der Waals surface area contributed by atoms with E-state index in [4.69, 9.17) is 11.6 Å². The summed E-state index contributed by atoms with van der Waals surface area (Å²) < 4.78 is 0. The van der Waals surface area contributed by atoms with E-state index in [9.17, 15) is 4.79 Å². The topological polar surface area (TPSA) is 54.9 Å². The van der Waals surface area contributed by atoms with Crippen molar-refractivity contribution in [2.24, 2.45) is 0 Å². The lowest BCUT2D eigenvalue weighted by Gasteiger charge is -1.97. The number of aromatic nitrogens is 2. The van der Waals surface area contributed by atoms with Crippen molar-refractivity contribution >= 4 is 34.0 Å². The van der Waals surface area contributed by atoms with Crippen LogP contribution in [0.5, 0.6) is 0 Å². The van der Waals surface area contributed by atoms with Crippen LogP contribution in [0.4, 0.5) is 5.13 Å². The molecule has 1 rings (SSSR count). The summed E-state index contributed by atoms with van der Waals surface area (Å²) in [6.07, 6.45) is 1.12. The summed E-state index contributed by atoms with van der Waals surface area (Å²) >= 11 is 6.72. The van der Waals surface area contributed by atoms with E-state index in [0.29, 0.717) is 23.9 Å². The quantitative estimate of drug-likeness (QED) is 0.758. The summed E-state index contributed by atoms with van der Waals surface area (Å²) in [5.41, 5.74) is 1.57. The molecule has 0 atom stereocenters. The maximum Gasteiger partial charge on any atom is 0.226 e. The van der Waals surface area contributed by atoms with Gasteiger partial charge in [-0.1, -0.05) is 11.3 Å². The average Bonchev–Trinajstić information content (AvgIpc) is 2.53. The molecule has 0 radical (unpaired) electrons. The summed E-state index contributed by atoms with van der Waals surface area (Å²) in [7, 11) is 0. The molecule has 6 heteroatoms. The molecule has 0 saturated heterocycles. The van der Waals surface area contributed by atoms with Gasteiger partial charge in [0.2, 0.25) is 11.0 Å². The van der Waals surface area contributed by atoms with Crippen LogP contribution in [0, 0.1) is 0 Å². The van der Waals surface area contributed by atoms with Gasteiger partial charge >= 0.3 is 0 Å². The Morgan fingerprint density at radius 3 is 3.17 bits per heavy atom. The lowest BCUT2D eigenvalue weighted by molar-refractivity contribution is -0.116. The Balaban J connectivity index is 2.27. The van der Waals surface area contributed by atoms with Gasteiger partial charge < -0.3 is 5.32 Å². The summed E-state index contributed by atoms with van der Waals surface area (Å²) in [6, 6.07) is 0. The molecule has 1 heterocycles. The molecule has 0 aliphatic heterocycles. The van der Waals surface area contributed by atoms with Crippen LogP contribution in [0.25, 0.3) is 0 Å². The lowest BCUT2D eigenvalue weighted by Crippen LogP contribution is -2.10. The van der Waals surface area contributed by atoms with Crippen molar-refractivity contribution in [3.05, 3.63) is 5.51 Å². The predicted molar refractivity (Wildman–Crippen MR) is 48.5 cm³/mol. The normalized spacial score (nSPS) is 9.75. The van der Waals surface area contributed by atoms with Gasteiger partial charge in [0, 0.05) is 12.3 Å². The van der Waals surface area contributed by atoms with E-state index in [1.807, 2.05) is 0 Å². The van der Waals surface area contributed by atoms with Gasteiger partial charge in [-0.3, -0.25) is 4.79 Å². The molecule has 0 aliphatic carbocycles. The van der Waals surface area contributed by atoms with E-state index in [0.717, 1.165) is 0 Å². The molecule has 0 unspecified atom stereocenters. The smallest absolute Gasteiger partial charge is 0.226 e. The van der Waals surface area contributed by atoms with Crippen molar-refractivity contribution in [3.8, 4) is 0 Å². The Morgan fingerprint density at radius 1 is 1.75 bits per heavy atom. The van der Waals surface area contributed by atoms with Crippen molar-refractivity contribution in [1.29, 1.82) is 0 Å². The van der Waals surface area contributed by atoms with Gasteiger partial charge in [0.1, 0.15) is 5.51 Å². The fourth-order valence-electron chi connectivity index (χ4n) is 0.637. The highest BCUT2D eigenvalue weighted by molar-refractivity contribution is 7.13. The van der Waals surface area contributed by atoms with Crippen molar-refractivity contribution in [2.75, 3.05) is 11.2 Å². The van der Waals surface area contributed by atoms with Gasteiger partial charge in [-0.2, -0.15) is 0 Å². The number of anilines is 1. The molecule has 0 aromatic carbocycles. The average molecular weight is 206 g/mol. The number of halogens is 1. The van der Waals surface area contributed by atoms with Gasteiger partial charge in [0.25, 0.3) is 0 Å². The van der Waals surface area contributed by atoms with Crippen LogP contribution in [0.15, 0.2) is 5.51 Å². The Kier molecular flexibility index (Phi) is 3.96. The minimum absolute atomic E-state index is 0.0626. The number of nitrogens with one attached hydrogen (secondary N) is 1. The Morgan fingerprint density at radius 2 is 2.58 bits per heavy atom. The summed E-state index contributed by atoms with van der Waals surface area (Å²) in [5.74, 6) is 0.441. The van der Waals surface area contributed by atoms with Crippen LogP contribution in [0.1, 0.15) is 12.8 Å². The molecule has 12 heavy (non-hydrogen) atoms. The highest BCUT2D eigenvalue weighted by atomic mass is 35.5. The van der Waals surface area contributed by atoms with Gasteiger partial charge in [-0.15, -0.1) is 21.8 Å². The lowest BCUT2D eigenvalue weighted by atomic mass is 10.3. The van der Waals surface area contributed by atoms with Crippen LogP contribution in [-0.2, 0) is 4.79 Å². The Labute approximate surface area is 79.0 Å². The molecule has 1 N–H and O–H groups in total. The molecule has 66 valence electrons. The van der Waals surface area contributed by atoms with E-state index in [1.165, 1.54) is 11.3 Å². The molecule has 0 saturated carbocycles. The number of alkyl halides is 1. The summed E-state index contributed by atoms with van der Waals surface area (Å²) in [6.45, 7) is 0. The number of rotatable bonds is 4. The molecule has 1 aromatic heterocycles.